The van der Waals surface area contributed by atoms with E-state index in [0.29, 0.717) is 11.1 Å². The molecule has 3 N–H and O–H groups in total. The molecule has 5 atom stereocenters. The number of hydrogen-bond donors (Lipinski definition) is 2. The van der Waals surface area contributed by atoms with Gasteiger partial charge in [-0.05, 0) is 46.5 Å². The molecule has 3 aliphatic heterocycles. The molecule has 9 nitrogen and oxygen atoms in total. The van der Waals surface area contributed by atoms with E-state index in [0.717, 1.165) is 68.0 Å². The van der Waals surface area contributed by atoms with Crippen LogP contribution in [0.4, 0.5) is 5.82 Å². The smallest absolute Gasteiger partial charge is 0.285 e. The molecule has 10 heteroatoms. The second kappa shape index (κ2) is 8.93. The maximum atomic E-state index is 14.0. The van der Waals surface area contributed by atoms with Crippen molar-refractivity contribution in [1.82, 2.24) is 24.9 Å². The van der Waals surface area contributed by atoms with Crippen LogP contribution in [0.2, 0.25) is 0 Å². The summed E-state index contributed by atoms with van der Waals surface area (Å²) in [5.74, 6) is 1.11. The van der Waals surface area contributed by atoms with E-state index in [1.165, 1.54) is 0 Å². The van der Waals surface area contributed by atoms with Gasteiger partial charge in [-0.15, -0.1) is 11.6 Å². The molecule has 186 valence electrons. The van der Waals surface area contributed by atoms with Crippen molar-refractivity contribution in [3.63, 3.8) is 0 Å². The van der Waals surface area contributed by atoms with Gasteiger partial charge in [0, 0.05) is 43.5 Å². The number of aryl methyl sites for hydroxylation is 1. The predicted octanol–water partition coefficient (Wildman–Crippen LogP) is 1.98. The molecule has 5 heterocycles. The molecule has 2 aromatic heterocycles. The minimum atomic E-state index is -0.314. The van der Waals surface area contributed by atoms with E-state index in [-0.39, 0.29) is 35.5 Å². The molecule has 2 aromatic rings. The number of nitrogens with two attached hydrogens (primary N) is 1. The Kier molecular flexibility index (Phi) is 6.25. The van der Waals surface area contributed by atoms with Crippen molar-refractivity contribution in [3.05, 3.63) is 23.5 Å². The number of hydrogen-bond acceptors (Lipinski definition) is 6. The zero-order chi connectivity index (χ0) is 24.2. The predicted molar refractivity (Wildman–Crippen MR) is 134 cm³/mol. The Balaban J connectivity index is 1.46. The summed E-state index contributed by atoms with van der Waals surface area (Å²) in [5, 5.41) is 4.66. The van der Waals surface area contributed by atoms with Gasteiger partial charge in [0.05, 0.1) is 25.3 Å². The van der Waals surface area contributed by atoms with E-state index in [1.807, 2.05) is 15.6 Å². The Bertz CT molecular complexity index is 1070. The van der Waals surface area contributed by atoms with E-state index < -0.39 is 0 Å². The van der Waals surface area contributed by atoms with Crippen LogP contribution in [0.1, 0.15) is 56.8 Å². The first-order valence-corrected chi connectivity index (χ1v) is 13.1. The van der Waals surface area contributed by atoms with E-state index in [4.69, 9.17) is 27.4 Å². The first-order valence-electron chi connectivity index (χ1n) is 12.6. The van der Waals surface area contributed by atoms with Gasteiger partial charge in [-0.3, -0.25) is 4.79 Å². The number of carbonyl (C=O) groups is 1. The highest BCUT2D eigenvalue weighted by Gasteiger charge is 2.53. The lowest BCUT2D eigenvalue weighted by Crippen LogP contribution is -2.65. The summed E-state index contributed by atoms with van der Waals surface area (Å²) in [5.41, 5.74) is 12.4. The van der Waals surface area contributed by atoms with Crippen molar-refractivity contribution in [2.75, 3.05) is 38.1 Å². The Morgan fingerprint density at radius 2 is 2.09 bits per heavy atom. The van der Waals surface area contributed by atoms with E-state index in [1.54, 1.807) is 0 Å². The maximum Gasteiger partial charge on any atom is 0.285 e. The van der Waals surface area contributed by atoms with E-state index in [9.17, 15) is 4.79 Å². The molecule has 0 aliphatic carbocycles. The van der Waals surface area contributed by atoms with Crippen LogP contribution < -0.4 is 16.1 Å². The number of nitrogens with zero attached hydrogens (tertiary/aromatic N) is 6. The molecule has 0 bridgehead atoms. The van der Waals surface area contributed by atoms with Gasteiger partial charge in [-0.1, -0.05) is 0 Å². The minimum Gasteiger partial charge on any atom is -0.355 e. The number of amides is 1. The molecule has 0 radical (unpaired) electrons. The van der Waals surface area contributed by atoms with Gasteiger partial charge in [-0.25, -0.2) is 14.1 Å². The van der Waals surface area contributed by atoms with Crippen molar-refractivity contribution in [2.45, 2.75) is 76.0 Å². The molecule has 3 saturated heterocycles. The van der Waals surface area contributed by atoms with Gasteiger partial charge < -0.3 is 15.5 Å². The van der Waals surface area contributed by atoms with Crippen molar-refractivity contribution in [2.24, 2.45) is 5.73 Å². The van der Waals surface area contributed by atoms with Gasteiger partial charge in [0.2, 0.25) is 6.04 Å². The summed E-state index contributed by atoms with van der Waals surface area (Å²) >= 11 is 6.72. The van der Waals surface area contributed by atoms with Crippen LogP contribution in [0.15, 0.2) is 12.3 Å². The average Bonchev–Trinajstić information content (AvgIpc) is 3.50. The summed E-state index contributed by atoms with van der Waals surface area (Å²) in [6.07, 6.45) is 6.02. The third-order valence-corrected chi connectivity index (χ3v) is 8.54. The zero-order valence-electron chi connectivity index (χ0n) is 20.7. The second-order valence-corrected chi connectivity index (χ2v) is 11.3. The number of nitrogens with one attached hydrogen (secondary N) is 1. The average molecular weight is 490 g/mol. The summed E-state index contributed by atoms with van der Waals surface area (Å²) in [6.45, 7) is 9.47. The van der Waals surface area contributed by atoms with Crippen LogP contribution in [0.3, 0.4) is 0 Å². The number of piperidine rings is 1. The third-order valence-electron chi connectivity index (χ3n) is 8.15. The number of fused-ring (bicyclic) bond motifs is 1. The molecule has 5 unspecified atom stereocenters. The van der Waals surface area contributed by atoms with Crippen molar-refractivity contribution < 1.29 is 9.39 Å². The van der Waals surface area contributed by atoms with Gasteiger partial charge >= 0.3 is 0 Å². The SMILES string of the molecule is Cc1cn2nc(C3CCCCN3C(=O)C3C(Cl)CN[N+]3(C)C(C)C)cc2nc1N1CCC(N)C1. The lowest BCUT2D eigenvalue weighted by Gasteiger charge is -2.42. The summed E-state index contributed by atoms with van der Waals surface area (Å²) < 4.78 is 2.32. The molecule has 1 amide bonds. The highest BCUT2D eigenvalue weighted by Crippen LogP contribution is 2.35. The number of rotatable bonds is 4. The topological polar surface area (TPSA) is 91.8 Å². The van der Waals surface area contributed by atoms with Gasteiger partial charge in [0.1, 0.15) is 17.2 Å². The number of anilines is 1. The molecule has 0 spiro atoms. The van der Waals surface area contributed by atoms with Gasteiger partial charge in [0.25, 0.3) is 5.91 Å². The first-order chi connectivity index (χ1) is 16.2. The fourth-order valence-electron chi connectivity index (χ4n) is 5.87. The Hall–Kier alpha value is -1.94. The van der Waals surface area contributed by atoms with Crippen molar-refractivity contribution in [3.8, 4) is 0 Å². The largest absolute Gasteiger partial charge is 0.355 e. The molecular weight excluding hydrogens is 452 g/mol. The molecule has 34 heavy (non-hydrogen) atoms. The summed E-state index contributed by atoms with van der Waals surface area (Å²) in [6, 6.07) is 2.12. The number of carbonyl (C=O) groups excluding carboxylic acids is 1. The number of likely N-dealkylation sites (tertiary alicyclic amines) is 1. The number of likely N-dealkylation sites (N-methyl/N-ethyl adjacent to an activating group) is 1. The van der Waals surface area contributed by atoms with Crippen molar-refractivity contribution >= 4 is 29.0 Å². The molecular formula is C24H38ClN8O+. The van der Waals surface area contributed by atoms with E-state index in [2.05, 4.69) is 44.2 Å². The fraction of sp³-hybridized carbons (Fsp3) is 0.708. The highest BCUT2D eigenvalue weighted by molar-refractivity contribution is 6.23. The van der Waals surface area contributed by atoms with Crippen LogP contribution in [-0.4, -0.2) is 86.7 Å². The molecule has 3 fully saturated rings. The molecule has 5 rings (SSSR count). The summed E-state index contributed by atoms with van der Waals surface area (Å²) in [7, 11) is 2.08. The lowest BCUT2D eigenvalue weighted by molar-refractivity contribution is -0.972. The van der Waals surface area contributed by atoms with Crippen LogP contribution in [0.5, 0.6) is 0 Å². The first kappa shape index (κ1) is 23.8. The number of quaternary nitrogens is 1. The summed E-state index contributed by atoms with van der Waals surface area (Å²) in [4.78, 5) is 23.2. The van der Waals surface area contributed by atoms with Crippen LogP contribution in [0.25, 0.3) is 5.65 Å². The quantitative estimate of drug-likeness (QED) is 0.504. The molecule has 3 aliphatic rings. The normalized spacial score (nSPS) is 32.3. The fourth-order valence-corrected chi connectivity index (χ4v) is 6.28. The minimum absolute atomic E-state index is 0.0583. The van der Waals surface area contributed by atoms with Gasteiger partial charge in [0.15, 0.2) is 5.65 Å². The third kappa shape index (κ3) is 3.96. The number of halogens is 1. The number of alkyl halides is 1. The highest BCUT2D eigenvalue weighted by atomic mass is 35.5. The standard InChI is InChI=1S/C24H38ClN8O/c1-15(2)33(4)22(18(25)12-27-33)24(34)31-9-6-5-7-20(31)19-11-21-28-23(16(3)13-32(21)29-19)30-10-8-17(26)14-30/h11,13,15,17-18,20,22,27H,5-10,12,14,26H2,1-4H3/q+1. The van der Waals surface area contributed by atoms with Crippen molar-refractivity contribution in [1.29, 1.82) is 0 Å². The lowest BCUT2D eigenvalue weighted by atomic mass is 9.97. The van der Waals surface area contributed by atoms with Crippen LogP contribution in [-0.2, 0) is 4.79 Å². The molecule has 0 aromatic carbocycles. The zero-order valence-corrected chi connectivity index (χ0v) is 21.5. The van der Waals surface area contributed by atoms with E-state index >= 15 is 0 Å². The van der Waals surface area contributed by atoms with Crippen LogP contribution >= 0.6 is 11.6 Å². The molecule has 0 saturated carbocycles. The second-order valence-electron chi connectivity index (χ2n) is 10.7. The Morgan fingerprint density at radius 1 is 1.29 bits per heavy atom. The Labute approximate surface area is 206 Å². The van der Waals surface area contributed by atoms with Gasteiger partial charge in [-0.2, -0.15) is 10.5 Å². The monoisotopic (exact) mass is 489 g/mol. The van der Waals surface area contributed by atoms with Crippen LogP contribution in [0, 0.1) is 6.92 Å². The number of aromatic nitrogens is 3. The Morgan fingerprint density at radius 3 is 2.79 bits per heavy atom. The maximum absolute atomic E-state index is 14.0.